The summed E-state index contributed by atoms with van der Waals surface area (Å²) in [7, 11) is 0. The predicted molar refractivity (Wildman–Crippen MR) is 120 cm³/mol. The maximum Gasteiger partial charge on any atom is 0.277 e. The van der Waals surface area contributed by atoms with Crippen molar-refractivity contribution in [2.45, 2.75) is 13.2 Å². The molecule has 0 saturated heterocycles. The number of hydrogen-bond donors (Lipinski definition) is 4. The number of hydrogen-bond acceptors (Lipinski definition) is 8. The quantitative estimate of drug-likeness (QED) is 0.0998. The fraction of sp³-hybridized carbons (Fsp3) is 0.300. The van der Waals surface area contributed by atoms with E-state index in [1.807, 2.05) is 28.1 Å². The van der Waals surface area contributed by atoms with Crippen LogP contribution < -0.4 is 10.8 Å². The molecular formula is C20H21F3IN3O6. The Morgan fingerprint density at radius 1 is 1.18 bits per heavy atom. The maximum absolute atomic E-state index is 14.9. The van der Waals surface area contributed by atoms with Gasteiger partial charge in [-0.2, -0.15) is 0 Å². The van der Waals surface area contributed by atoms with Gasteiger partial charge in [-0.25, -0.2) is 18.7 Å². The molecule has 4 N–H and O–H groups in total. The number of aliphatic hydroxyl groups is 2. The van der Waals surface area contributed by atoms with E-state index in [9.17, 15) is 18.0 Å². The average molecular weight is 583 g/mol. The lowest BCUT2D eigenvalue weighted by Crippen LogP contribution is -2.26. The van der Waals surface area contributed by atoms with E-state index in [-0.39, 0.29) is 25.5 Å². The van der Waals surface area contributed by atoms with Crippen molar-refractivity contribution in [3.63, 3.8) is 0 Å². The van der Waals surface area contributed by atoms with Gasteiger partial charge < -0.3 is 25.1 Å². The van der Waals surface area contributed by atoms with Crippen LogP contribution in [0.1, 0.15) is 22.8 Å². The van der Waals surface area contributed by atoms with Gasteiger partial charge in [0.2, 0.25) is 6.29 Å². The summed E-state index contributed by atoms with van der Waals surface area (Å²) in [5, 5.41) is 23.4. The van der Waals surface area contributed by atoms with Gasteiger partial charge in [-0.3, -0.25) is 9.63 Å². The zero-order chi connectivity index (χ0) is 24.4. The molecule has 2 aromatic carbocycles. The van der Waals surface area contributed by atoms with Gasteiger partial charge in [-0.1, -0.05) is 5.16 Å². The van der Waals surface area contributed by atoms with E-state index in [0.29, 0.717) is 3.57 Å². The third-order valence-corrected chi connectivity index (χ3v) is 4.54. The lowest BCUT2D eigenvalue weighted by molar-refractivity contribution is -0.135. The van der Waals surface area contributed by atoms with Crippen LogP contribution in [0.5, 0.6) is 0 Å². The van der Waals surface area contributed by atoms with Gasteiger partial charge in [0, 0.05) is 16.1 Å². The molecule has 2 rings (SSSR count). The second-order valence-electron chi connectivity index (χ2n) is 6.27. The predicted octanol–water partition coefficient (Wildman–Crippen LogP) is 2.81. The van der Waals surface area contributed by atoms with Crippen LogP contribution in [0, 0.1) is 21.0 Å². The molecule has 0 aromatic heterocycles. The molecule has 9 nitrogen and oxygen atoms in total. The molecule has 180 valence electrons. The van der Waals surface area contributed by atoms with Crippen LogP contribution >= 0.6 is 22.6 Å². The van der Waals surface area contributed by atoms with Crippen molar-refractivity contribution in [2.75, 3.05) is 31.7 Å². The second kappa shape index (κ2) is 13.3. The SMILES string of the molecule is CC(OCCO)ON=Cc1cc(C(=O)NOCCO)c(Nc2ccc(I)cc2F)c(F)c1F. The highest BCUT2D eigenvalue weighted by molar-refractivity contribution is 14.1. The highest BCUT2D eigenvalue weighted by atomic mass is 127. The maximum atomic E-state index is 14.9. The third kappa shape index (κ3) is 7.82. The molecule has 1 unspecified atom stereocenters. The Morgan fingerprint density at radius 2 is 1.91 bits per heavy atom. The van der Waals surface area contributed by atoms with Crippen molar-refractivity contribution in [3.8, 4) is 0 Å². The number of ether oxygens (including phenoxy) is 1. The van der Waals surface area contributed by atoms with Gasteiger partial charge in [0.15, 0.2) is 11.6 Å². The summed E-state index contributed by atoms with van der Waals surface area (Å²) in [6.07, 6.45) is -0.0709. The number of halogens is 4. The van der Waals surface area contributed by atoms with E-state index in [2.05, 4.69) is 10.5 Å². The van der Waals surface area contributed by atoms with E-state index in [4.69, 9.17) is 24.6 Å². The molecule has 0 fully saturated rings. The van der Waals surface area contributed by atoms with Gasteiger partial charge in [0.1, 0.15) is 5.82 Å². The number of aliphatic hydroxyl groups excluding tert-OH is 2. The van der Waals surface area contributed by atoms with Crippen LogP contribution in [0.25, 0.3) is 0 Å². The van der Waals surface area contributed by atoms with Gasteiger partial charge in [-0.15, -0.1) is 0 Å². The van der Waals surface area contributed by atoms with E-state index in [0.717, 1.165) is 12.3 Å². The highest BCUT2D eigenvalue weighted by Gasteiger charge is 2.23. The van der Waals surface area contributed by atoms with Crippen LogP contribution in [-0.2, 0) is 14.4 Å². The number of amides is 1. The van der Waals surface area contributed by atoms with Crippen LogP contribution in [0.3, 0.4) is 0 Å². The monoisotopic (exact) mass is 583 g/mol. The van der Waals surface area contributed by atoms with Gasteiger partial charge in [-0.05, 0) is 46.9 Å². The van der Waals surface area contributed by atoms with E-state index in [1.54, 1.807) is 0 Å². The number of nitrogens with zero attached hydrogens (tertiary/aromatic N) is 1. The molecule has 0 aliphatic rings. The summed E-state index contributed by atoms with van der Waals surface area (Å²) in [6, 6.07) is 4.95. The van der Waals surface area contributed by atoms with Crippen LogP contribution in [-0.4, -0.2) is 55.1 Å². The normalized spacial score (nSPS) is 12.1. The Hall–Kier alpha value is -2.46. The lowest BCUT2D eigenvalue weighted by atomic mass is 10.1. The molecule has 0 aliphatic carbocycles. The van der Waals surface area contributed by atoms with Gasteiger partial charge in [0.05, 0.1) is 49.6 Å². The minimum absolute atomic E-state index is 0.0205. The number of carbonyl (C=O) groups excluding carboxylic acids is 1. The fourth-order valence-corrected chi connectivity index (χ4v) is 2.86. The number of benzene rings is 2. The van der Waals surface area contributed by atoms with Crippen LogP contribution in [0.15, 0.2) is 29.4 Å². The first kappa shape index (κ1) is 26.8. The molecule has 0 spiro atoms. The molecular weight excluding hydrogens is 562 g/mol. The van der Waals surface area contributed by atoms with Crippen molar-refractivity contribution < 1.29 is 42.6 Å². The molecule has 2 aromatic rings. The Kier molecular flexibility index (Phi) is 10.8. The Balaban J connectivity index is 2.40. The first-order chi connectivity index (χ1) is 15.8. The average Bonchev–Trinajstić information content (AvgIpc) is 2.78. The molecule has 0 radical (unpaired) electrons. The van der Waals surface area contributed by atoms with Crippen molar-refractivity contribution in [1.82, 2.24) is 5.48 Å². The summed E-state index contributed by atoms with van der Waals surface area (Å²) in [4.78, 5) is 22.2. The first-order valence-corrected chi connectivity index (χ1v) is 10.5. The molecule has 1 atom stereocenters. The van der Waals surface area contributed by atoms with Gasteiger partial charge >= 0.3 is 0 Å². The molecule has 13 heteroatoms. The van der Waals surface area contributed by atoms with E-state index >= 15 is 0 Å². The molecule has 1 amide bonds. The minimum Gasteiger partial charge on any atom is -0.394 e. The Bertz CT molecular complexity index is 996. The Morgan fingerprint density at radius 3 is 2.58 bits per heavy atom. The van der Waals surface area contributed by atoms with Gasteiger partial charge in [0.25, 0.3) is 5.91 Å². The topological polar surface area (TPSA) is 122 Å². The number of rotatable bonds is 12. The summed E-state index contributed by atoms with van der Waals surface area (Å²) in [5.74, 6) is -4.60. The summed E-state index contributed by atoms with van der Waals surface area (Å²) < 4.78 is 49.5. The zero-order valence-electron chi connectivity index (χ0n) is 17.3. The number of anilines is 2. The van der Waals surface area contributed by atoms with Crippen molar-refractivity contribution in [1.29, 1.82) is 0 Å². The van der Waals surface area contributed by atoms with Crippen molar-refractivity contribution in [3.05, 3.63) is 56.4 Å². The molecule has 33 heavy (non-hydrogen) atoms. The molecule has 0 aliphatic heterocycles. The number of oxime groups is 1. The largest absolute Gasteiger partial charge is 0.394 e. The molecule has 0 saturated carbocycles. The zero-order valence-corrected chi connectivity index (χ0v) is 19.4. The smallest absolute Gasteiger partial charge is 0.277 e. The highest BCUT2D eigenvalue weighted by Crippen LogP contribution is 2.30. The first-order valence-electron chi connectivity index (χ1n) is 9.47. The van der Waals surface area contributed by atoms with Crippen LogP contribution in [0.4, 0.5) is 24.5 Å². The number of hydroxylamine groups is 1. The summed E-state index contributed by atoms with van der Waals surface area (Å²) >= 11 is 1.88. The molecule has 0 heterocycles. The van der Waals surface area contributed by atoms with Crippen molar-refractivity contribution in [2.24, 2.45) is 5.16 Å². The summed E-state index contributed by atoms with van der Waals surface area (Å²) in [5.41, 5.74) is 0.250. The molecule has 0 bridgehead atoms. The van der Waals surface area contributed by atoms with Crippen LogP contribution in [0.2, 0.25) is 0 Å². The number of carbonyl (C=O) groups is 1. The fourth-order valence-electron chi connectivity index (χ4n) is 2.41. The lowest BCUT2D eigenvalue weighted by Gasteiger charge is -2.16. The van der Waals surface area contributed by atoms with E-state index < -0.39 is 53.1 Å². The van der Waals surface area contributed by atoms with E-state index in [1.165, 1.54) is 25.1 Å². The number of nitrogens with one attached hydrogen (secondary N) is 2. The van der Waals surface area contributed by atoms with Crippen molar-refractivity contribution >= 4 is 46.1 Å². The third-order valence-electron chi connectivity index (χ3n) is 3.87. The minimum atomic E-state index is -1.48. The second-order valence-corrected chi connectivity index (χ2v) is 7.52. The standard InChI is InChI=1S/C20H21F3IN3O6/c1-11(31-6-4-28)33-25-10-12-8-14(20(30)27-32-7-5-29)19(18(23)17(12)22)26-16-3-2-13(24)9-15(16)21/h2-3,8-11,26,28-29H,4-7H2,1H3,(H,27,30). The summed E-state index contributed by atoms with van der Waals surface area (Å²) in [6.45, 7) is 0.543. The Labute approximate surface area is 200 Å².